The molecule has 5 heavy (non-hydrogen) atoms. The van der Waals surface area contributed by atoms with Crippen molar-refractivity contribution < 1.29 is 0 Å². The third-order valence-corrected chi connectivity index (χ3v) is 0.0913. The molecule has 0 fully saturated rings. The van der Waals surface area contributed by atoms with E-state index in [1.165, 1.54) is 6.08 Å². The molecule has 0 bridgehead atoms. The van der Waals surface area contributed by atoms with E-state index in [9.17, 15) is 0 Å². The van der Waals surface area contributed by atoms with Gasteiger partial charge in [0, 0.05) is 6.08 Å². The van der Waals surface area contributed by atoms with Crippen LogP contribution in [0.25, 0.3) is 0 Å². The van der Waals surface area contributed by atoms with Gasteiger partial charge in [0.15, 0.2) is 0 Å². The van der Waals surface area contributed by atoms with Gasteiger partial charge in [-0.2, -0.15) is 5.26 Å². The molecule has 0 aromatic heterocycles. The zero-order chi connectivity index (χ0) is 3.41. The van der Waals surface area contributed by atoms with Crippen LogP contribution in [0.3, 0.4) is 0 Å². The van der Waals surface area contributed by atoms with Gasteiger partial charge in [-0.1, -0.05) is 6.58 Å². The Morgan fingerprint density at radius 3 is 2.00 bits per heavy atom. The number of hydrogen-bond donors (Lipinski definition) is 0. The number of hydrogen-bond acceptors (Lipinski definition) is 1. The number of nitrogens with zero attached hydrogens (tertiary/aromatic N) is 1. The van der Waals surface area contributed by atoms with Crippen molar-refractivity contribution in [3.05, 3.63) is 12.7 Å². The SMILES string of the molecule is C=CC#N.[PbH2]. The Labute approximate surface area is 51.5 Å². The topological polar surface area (TPSA) is 23.8 Å². The van der Waals surface area contributed by atoms with Crippen molar-refractivity contribution in [1.82, 2.24) is 0 Å². The monoisotopic (exact) mass is 263 g/mol. The second kappa shape index (κ2) is 8.91. The van der Waals surface area contributed by atoms with Gasteiger partial charge in [-0.05, 0) is 0 Å². The Morgan fingerprint density at radius 2 is 2.00 bits per heavy atom. The van der Waals surface area contributed by atoms with Crippen LogP contribution in [0.1, 0.15) is 0 Å². The third-order valence-electron chi connectivity index (χ3n) is 0.0913. The summed E-state index contributed by atoms with van der Waals surface area (Å²) in [7, 11) is 0. The molecule has 0 aromatic carbocycles. The summed E-state index contributed by atoms with van der Waals surface area (Å²) >= 11 is 0. The van der Waals surface area contributed by atoms with Crippen molar-refractivity contribution in [2.24, 2.45) is 0 Å². The predicted molar refractivity (Wildman–Crippen MR) is 24.4 cm³/mol. The molecule has 0 saturated carbocycles. The fraction of sp³-hybridized carbons (Fsp3) is 0. The Kier molecular flexibility index (Phi) is 15.9. The molecule has 0 spiro atoms. The summed E-state index contributed by atoms with van der Waals surface area (Å²) in [5.41, 5.74) is 0. The maximum absolute atomic E-state index is 7.51. The van der Waals surface area contributed by atoms with E-state index in [0.29, 0.717) is 0 Å². The molecule has 0 aromatic rings. The molecule has 0 N–H and O–H groups in total. The Morgan fingerprint density at radius 1 is 1.80 bits per heavy atom. The average molecular weight is 262 g/mol. The Bertz CT molecular complexity index is 52.4. The van der Waals surface area contributed by atoms with Gasteiger partial charge >= 0.3 is 27.3 Å². The summed E-state index contributed by atoms with van der Waals surface area (Å²) in [5, 5.41) is 7.51. The minimum absolute atomic E-state index is 0. The average Bonchev–Trinajstić information content (AvgIpc) is 1.37. The van der Waals surface area contributed by atoms with Crippen molar-refractivity contribution in [3.8, 4) is 6.07 Å². The first kappa shape index (κ1) is 8.94. The molecule has 0 aliphatic carbocycles. The van der Waals surface area contributed by atoms with Crippen LogP contribution in [-0.4, -0.2) is 27.3 Å². The molecule has 0 unspecified atom stereocenters. The van der Waals surface area contributed by atoms with E-state index in [-0.39, 0.29) is 27.3 Å². The summed E-state index contributed by atoms with van der Waals surface area (Å²) in [4.78, 5) is 0. The number of nitriles is 1. The van der Waals surface area contributed by atoms with E-state index in [0.717, 1.165) is 0 Å². The molecule has 2 heteroatoms. The van der Waals surface area contributed by atoms with Gasteiger partial charge in [-0.15, -0.1) is 0 Å². The van der Waals surface area contributed by atoms with E-state index in [1.54, 1.807) is 6.07 Å². The zero-order valence-electron chi connectivity index (χ0n) is 2.94. The maximum atomic E-state index is 7.51. The van der Waals surface area contributed by atoms with Gasteiger partial charge in [-0.25, -0.2) is 0 Å². The summed E-state index contributed by atoms with van der Waals surface area (Å²) in [6, 6.07) is 1.69. The molecule has 0 aliphatic heterocycles. The van der Waals surface area contributed by atoms with Crippen molar-refractivity contribution in [3.63, 3.8) is 0 Å². The van der Waals surface area contributed by atoms with Gasteiger partial charge in [0.05, 0.1) is 6.07 Å². The van der Waals surface area contributed by atoms with Crippen LogP contribution in [0.4, 0.5) is 0 Å². The molecule has 26 valence electrons. The molecule has 1 nitrogen and oxygen atoms in total. The molecule has 2 radical (unpaired) electrons. The molecular formula is C3H5NPb. The minimum atomic E-state index is 0. The van der Waals surface area contributed by atoms with Crippen LogP contribution in [0, 0.1) is 11.3 Å². The summed E-state index contributed by atoms with van der Waals surface area (Å²) in [6.07, 6.45) is 1.18. The number of rotatable bonds is 0. The fourth-order valence-electron chi connectivity index (χ4n) is 0. The fourth-order valence-corrected chi connectivity index (χ4v) is 0. The number of allylic oxidation sites excluding steroid dienone is 1. The van der Waals surface area contributed by atoms with E-state index in [1.807, 2.05) is 0 Å². The first-order valence-electron chi connectivity index (χ1n) is 0.921. The molecule has 0 heterocycles. The van der Waals surface area contributed by atoms with Crippen molar-refractivity contribution >= 4 is 27.3 Å². The Balaban J connectivity index is 0. The molecular weight excluding hydrogens is 257 g/mol. The molecule has 0 atom stereocenters. The van der Waals surface area contributed by atoms with Crippen LogP contribution in [0.5, 0.6) is 0 Å². The van der Waals surface area contributed by atoms with Crippen molar-refractivity contribution in [2.75, 3.05) is 0 Å². The van der Waals surface area contributed by atoms with Gasteiger partial charge in [-0.3, -0.25) is 0 Å². The van der Waals surface area contributed by atoms with Gasteiger partial charge in [0.1, 0.15) is 0 Å². The van der Waals surface area contributed by atoms with E-state index in [4.69, 9.17) is 5.26 Å². The van der Waals surface area contributed by atoms with Crippen LogP contribution in [0.2, 0.25) is 0 Å². The van der Waals surface area contributed by atoms with E-state index >= 15 is 0 Å². The van der Waals surface area contributed by atoms with Gasteiger partial charge in [0.2, 0.25) is 0 Å². The van der Waals surface area contributed by atoms with E-state index in [2.05, 4.69) is 6.58 Å². The summed E-state index contributed by atoms with van der Waals surface area (Å²) in [6.45, 7) is 3.12. The second-order valence-corrected chi connectivity index (χ2v) is 0.333. The van der Waals surface area contributed by atoms with Gasteiger partial charge < -0.3 is 0 Å². The standard InChI is InChI=1S/C3H3N.Pb.2H/c1-2-3-4;;;/h2H,1H2;;;. The molecule has 0 aliphatic rings. The third kappa shape index (κ3) is 14.5. The van der Waals surface area contributed by atoms with Crippen molar-refractivity contribution in [2.45, 2.75) is 0 Å². The second-order valence-electron chi connectivity index (χ2n) is 0.333. The normalized spacial score (nSPS) is 3.00. The molecule has 0 rings (SSSR count). The van der Waals surface area contributed by atoms with Gasteiger partial charge in [0.25, 0.3) is 0 Å². The van der Waals surface area contributed by atoms with Crippen LogP contribution >= 0.6 is 0 Å². The van der Waals surface area contributed by atoms with E-state index < -0.39 is 0 Å². The zero-order valence-corrected chi connectivity index (χ0v) is 8.44. The summed E-state index contributed by atoms with van der Waals surface area (Å²) in [5.74, 6) is 0. The van der Waals surface area contributed by atoms with Crippen LogP contribution < -0.4 is 0 Å². The first-order chi connectivity index (χ1) is 1.91. The molecule has 0 saturated heterocycles. The summed E-state index contributed by atoms with van der Waals surface area (Å²) < 4.78 is 0. The quantitative estimate of drug-likeness (QED) is 0.437. The Hall–Kier alpha value is 0.152. The molecule has 0 amide bonds. The first-order valence-corrected chi connectivity index (χ1v) is 0.921. The van der Waals surface area contributed by atoms with Crippen LogP contribution in [0.15, 0.2) is 12.7 Å². The predicted octanol–water partition coefficient (Wildman–Crippen LogP) is -0.220. The van der Waals surface area contributed by atoms with Crippen LogP contribution in [-0.2, 0) is 0 Å². The van der Waals surface area contributed by atoms with Crippen molar-refractivity contribution in [1.29, 1.82) is 5.26 Å².